The highest BCUT2D eigenvalue weighted by Gasteiger charge is 1.99. The maximum absolute atomic E-state index is 11.7. The van der Waals surface area contributed by atoms with Gasteiger partial charge in [0.15, 0.2) is 0 Å². The Hall–Kier alpha value is -1.11. The second kappa shape index (κ2) is 19.2. The molecule has 0 aromatic carbocycles. The molecule has 0 saturated heterocycles. The SMILES string of the molecule is CCCCCCCC(=O)CC/C=C/CC/C=C/CC/C=C/CC(C)C. The summed E-state index contributed by atoms with van der Waals surface area (Å²) in [4.78, 5) is 11.7. The van der Waals surface area contributed by atoms with Gasteiger partial charge < -0.3 is 0 Å². The fourth-order valence-electron chi connectivity index (χ4n) is 2.64. The number of unbranched alkanes of at least 4 members (excludes halogenated alkanes) is 6. The second-order valence-electron chi connectivity index (χ2n) is 7.44. The van der Waals surface area contributed by atoms with Crippen molar-refractivity contribution in [1.82, 2.24) is 0 Å². The summed E-state index contributed by atoms with van der Waals surface area (Å²) in [6.45, 7) is 6.73. The van der Waals surface area contributed by atoms with Crippen molar-refractivity contribution >= 4 is 5.78 Å². The van der Waals surface area contributed by atoms with Crippen LogP contribution in [0, 0.1) is 5.92 Å². The number of Topliss-reactive ketones (excluding diaryl/α,β-unsaturated/α-hetero) is 1. The first kappa shape index (κ1) is 23.9. The van der Waals surface area contributed by atoms with Crippen LogP contribution in [-0.4, -0.2) is 5.78 Å². The van der Waals surface area contributed by atoms with Crippen LogP contribution < -0.4 is 0 Å². The molecule has 1 heteroatoms. The van der Waals surface area contributed by atoms with Crippen LogP contribution in [0.5, 0.6) is 0 Å². The van der Waals surface area contributed by atoms with E-state index in [9.17, 15) is 4.79 Å². The molecule has 0 aliphatic heterocycles. The van der Waals surface area contributed by atoms with E-state index in [-0.39, 0.29) is 0 Å². The normalized spacial score (nSPS) is 12.3. The summed E-state index contributed by atoms with van der Waals surface area (Å²) in [6.07, 6.45) is 27.8. The lowest BCUT2D eigenvalue weighted by molar-refractivity contribution is -0.119. The zero-order chi connectivity index (χ0) is 18.6. The molecule has 0 radical (unpaired) electrons. The number of carbonyl (C=O) groups is 1. The van der Waals surface area contributed by atoms with Crippen LogP contribution in [0.1, 0.15) is 104 Å². The Morgan fingerprint density at radius 1 is 0.680 bits per heavy atom. The van der Waals surface area contributed by atoms with Gasteiger partial charge in [-0.3, -0.25) is 4.79 Å². The third kappa shape index (κ3) is 20.8. The van der Waals surface area contributed by atoms with Crippen LogP contribution in [0.4, 0.5) is 0 Å². The summed E-state index contributed by atoms with van der Waals surface area (Å²) in [5.41, 5.74) is 0. The van der Waals surface area contributed by atoms with Crippen molar-refractivity contribution in [2.24, 2.45) is 5.92 Å². The molecule has 25 heavy (non-hydrogen) atoms. The first-order valence-corrected chi connectivity index (χ1v) is 10.6. The van der Waals surface area contributed by atoms with Crippen LogP contribution in [-0.2, 0) is 4.79 Å². The summed E-state index contributed by atoms with van der Waals surface area (Å²) >= 11 is 0. The summed E-state index contributed by atoms with van der Waals surface area (Å²) in [6, 6.07) is 0. The molecule has 0 spiro atoms. The largest absolute Gasteiger partial charge is 0.300 e. The Morgan fingerprint density at radius 2 is 1.20 bits per heavy atom. The fraction of sp³-hybridized carbons (Fsp3) is 0.708. The minimum absolute atomic E-state index is 0.437. The van der Waals surface area contributed by atoms with Crippen LogP contribution >= 0.6 is 0 Å². The van der Waals surface area contributed by atoms with E-state index in [1.807, 2.05) is 0 Å². The van der Waals surface area contributed by atoms with E-state index in [4.69, 9.17) is 0 Å². The molecule has 0 fully saturated rings. The lowest BCUT2D eigenvalue weighted by Gasteiger charge is -1.99. The van der Waals surface area contributed by atoms with Crippen molar-refractivity contribution in [3.8, 4) is 0 Å². The predicted molar refractivity (Wildman–Crippen MR) is 113 cm³/mol. The Morgan fingerprint density at radius 3 is 1.76 bits per heavy atom. The van der Waals surface area contributed by atoms with Crippen molar-refractivity contribution in [1.29, 1.82) is 0 Å². The zero-order valence-corrected chi connectivity index (χ0v) is 17.1. The topological polar surface area (TPSA) is 17.1 Å². The summed E-state index contributed by atoms with van der Waals surface area (Å²) in [7, 11) is 0. The number of hydrogen-bond acceptors (Lipinski definition) is 1. The molecule has 0 atom stereocenters. The minimum atomic E-state index is 0.437. The average molecular weight is 347 g/mol. The van der Waals surface area contributed by atoms with E-state index in [1.165, 1.54) is 32.1 Å². The highest BCUT2D eigenvalue weighted by atomic mass is 16.1. The van der Waals surface area contributed by atoms with Gasteiger partial charge in [0.05, 0.1) is 0 Å². The lowest BCUT2D eigenvalue weighted by atomic mass is 10.1. The second-order valence-corrected chi connectivity index (χ2v) is 7.44. The van der Waals surface area contributed by atoms with Gasteiger partial charge in [0.2, 0.25) is 0 Å². The monoisotopic (exact) mass is 346 g/mol. The van der Waals surface area contributed by atoms with Gasteiger partial charge in [-0.2, -0.15) is 0 Å². The molecule has 0 heterocycles. The van der Waals surface area contributed by atoms with Crippen LogP contribution in [0.25, 0.3) is 0 Å². The number of rotatable bonds is 17. The Bertz CT molecular complexity index is 374. The third-order valence-corrected chi connectivity index (χ3v) is 4.26. The van der Waals surface area contributed by atoms with Gasteiger partial charge in [-0.25, -0.2) is 0 Å². The lowest BCUT2D eigenvalue weighted by Crippen LogP contribution is -1.96. The molecule has 0 rings (SSSR count). The molecule has 0 aliphatic rings. The molecule has 0 aliphatic carbocycles. The molecule has 0 amide bonds. The van der Waals surface area contributed by atoms with Gasteiger partial charge in [-0.1, -0.05) is 82.9 Å². The molecular formula is C24H42O. The smallest absolute Gasteiger partial charge is 0.133 e. The molecule has 0 aromatic rings. The molecular weight excluding hydrogens is 304 g/mol. The molecule has 0 bridgehead atoms. The fourth-order valence-corrected chi connectivity index (χ4v) is 2.64. The number of ketones is 1. The molecule has 0 saturated carbocycles. The Labute approximate surface area is 157 Å². The van der Waals surface area contributed by atoms with E-state index >= 15 is 0 Å². The number of carbonyl (C=O) groups excluding carboxylic acids is 1. The predicted octanol–water partition coefficient (Wildman–Crippen LogP) is 7.97. The maximum Gasteiger partial charge on any atom is 0.133 e. The van der Waals surface area contributed by atoms with Crippen molar-refractivity contribution in [3.63, 3.8) is 0 Å². The summed E-state index contributed by atoms with van der Waals surface area (Å²) in [5.74, 6) is 1.20. The maximum atomic E-state index is 11.7. The minimum Gasteiger partial charge on any atom is -0.300 e. The van der Waals surface area contributed by atoms with Gasteiger partial charge in [0.25, 0.3) is 0 Å². The first-order valence-electron chi connectivity index (χ1n) is 10.6. The van der Waals surface area contributed by atoms with Crippen LogP contribution in [0.15, 0.2) is 36.5 Å². The van der Waals surface area contributed by atoms with E-state index in [0.29, 0.717) is 5.78 Å². The van der Waals surface area contributed by atoms with Crippen molar-refractivity contribution < 1.29 is 4.79 Å². The molecule has 0 aromatic heterocycles. The van der Waals surface area contributed by atoms with Gasteiger partial charge in [-0.15, -0.1) is 0 Å². The van der Waals surface area contributed by atoms with Gasteiger partial charge in [0.1, 0.15) is 5.78 Å². The van der Waals surface area contributed by atoms with E-state index in [2.05, 4.69) is 57.2 Å². The first-order chi connectivity index (χ1) is 12.2. The van der Waals surface area contributed by atoms with E-state index in [1.54, 1.807) is 0 Å². The molecule has 144 valence electrons. The number of allylic oxidation sites excluding steroid dienone is 6. The van der Waals surface area contributed by atoms with E-state index < -0.39 is 0 Å². The van der Waals surface area contributed by atoms with Gasteiger partial charge in [0, 0.05) is 12.8 Å². The van der Waals surface area contributed by atoms with Crippen molar-refractivity contribution in [2.45, 2.75) is 104 Å². The summed E-state index contributed by atoms with van der Waals surface area (Å²) < 4.78 is 0. The Balaban J connectivity index is 3.41. The standard InChI is InChI=1S/C24H42O/c1-4-5-6-14-18-21-24(25)22-19-16-13-11-9-7-8-10-12-15-17-20-23(2)3/h7-8,13,15-17,23H,4-6,9-12,14,18-22H2,1-3H3/b8-7+,16-13+,17-15+. The molecule has 1 nitrogen and oxygen atoms in total. The Kier molecular flexibility index (Phi) is 18.4. The van der Waals surface area contributed by atoms with Gasteiger partial charge >= 0.3 is 0 Å². The number of hydrogen-bond donors (Lipinski definition) is 0. The molecule has 0 N–H and O–H groups in total. The van der Waals surface area contributed by atoms with E-state index in [0.717, 1.165) is 57.3 Å². The third-order valence-electron chi connectivity index (χ3n) is 4.26. The summed E-state index contributed by atoms with van der Waals surface area (Å²) in [5, 5.41) is 0. The highest BCUT2D eigenvalue weighted by Crippen LogP contribution is 2.08. The quantitative estimate of drug-likeness (QED) is 0.193. The zero-order valence-electron chi connectivity index (χ0n) is 17.1. The van der Waals surface area contributed by atoms with Crippen molar-refractivity contribution in [2.75, 3.05) is 0 Å². The van der Waals surface area contributed by atoms with Gasteiger partial charge in [-0.05, 0) is 50.9 Å². The molecule has 0 unspecified atom stereocenters. The van der Waals surface area contributed by atoms with Crippen molar-refractivity contribution in [3.05, 3.63) is 36.5 Å². The highest BCUT2D eigenvalue weighted by molar-refractivity contribution is 5.78. The average Bonchev–Trinajstić information content (AvgIpc) is 2.58. The van der Waals surface area contributed by atoms with Crippen LogP contribution in [0.3, 0.4) is 0 Å². The van der Waals surface area contributed by atoms with Crippen LogP contribution in [0.2, 0.25) is 0 Å².